The first-order valence-electron chi connectivity index (χ1n) is 5.22. The molecule has 0 atom stereocenters. The lowest BCUT2D eigenvalue weighted by Crippen LogP contribution is -2.23. The van der Waals surface area contributed by atoms with Crippen LogP contribution in [0.25, 0.3) is 0 Å². The van der Waals surface area contributed by atoms with E-state index in [1.165, 1.54) is 11.3 Å². The van der Waals surface area contributed by atoms with Crippen molar-refractivity contribution in [2.45, 2.75) is 6.54 Å². The quantitative estimate of drug-likeness (QED) is 0.835. The Hall–Kier alpha value is -1.79. The van der Waals surface area contributed by atoms with Gasteiger partial charge in [0.2, 0.25) is 0 Å². The Bertz CT molecular complexity index is 566. The highest BCUT2D eigenvalue weighted by Crippen LogP contribution is 2.06. The smallest absolute Gasteiger partial charge is 0.251 e. The molecule has 0 fully saturated rings. The van der Waals surface area contributed by atoms with Crippen LogP contribution in [0.3, 0.4) is 0 Å². The first-order chi connectivity index (χ1) is 8.66. The van der Waals surface area contributed by atoms with E-state index in [1.807, 2.05) is 5.38 Å². The molecule has 2 rings (SSSR count). The summed E-state index contributed by atoms with van der Waals surface area (Å²) < 4.78 is 0. The van der Waals surface area contributed by atoms with E-state index < -0.39 is 0 Å². The van der Waals surface area contributed by atoms with Crippen molar-refractivity contribution in [3.63, 3.8) is 0 Å². The van der Waals surface area contributed by atoms with Crippen LogP contribution < -0.4 is 11.1 Å². The predicted octanol–water partition coefficient (Wildman–Crippen LogP) is 1.71. The summed E-state index contributed by atoms with van der Waals surface area (Å²) in [6, 6.07) is 6.93. The summed E-state index contributed by atoms with van der Waals surface area (Å²) in [7, 11) is 0. The monoisotopic (exact) mass is 277 g/mol. The van der Waals surface area contributed by atoms with Gasteiger partial charge in [-0.1, -0.05) is 24.4 Å². The van der Waals surface area contributed by atoms with E-state index in [1.54, 1.807) is 29.8 Å². The Balaban J connectivity index is 2.04. The second-order valence-electron chi connectivity index (χ2n) is 3.61. The third kappa shape index (κ3) is 3.12. The van der Waals surface area contributed by atoms with Gasteiger partial charge < -0.3 is 11.1 Å². The topological polar surface area (TPSA) is 68.0 Å². The minimum absolute atomic E-state index is 0.166. The van der Waals surface area contributed by atoms with Crippen molar-refractivity contribution in [2.75, 3.05) is 0 Å². The Labute approximate surface area is 114 Å². The van der Waals surface area contributed by atoms with Crippen molar-refractivity contribution in [2.24, 2.45) is 5.73 Å². The van der Waals surface area contributed by atoms with Gasteiger partial charge in [0.15, 0.2) is 0 Å². The van der Waals surface area contributed by atoms with Gasteiger partial charge in [-0.2, -0.15) is 0 Å². The third-order valence-electron chi connectivity index (χ3n) is 2.32. The SMILES string of the molecule is NC(=S)c1cccc(C(=O)NCc2cscn2)c1. The van der Waals surface area contributed by atoms with E-state index in [0.29, 0.717) is 17.7 Å². The van der Waals surface area contributed by atoms with E-state index in [2.05, 4.69) is 10.3 Å². The van der Waals surface area contributed by atoms with Gasteiger partial charge in [-0.25, -0.2) is 4.98 Å². The highest BCUT2D eigenvalue weighted by atomic mass is 32.1. The first kappa shape index (κ1) is 12.7. The molecule has 2 aromatic rings. The van der Waals surface area contributed by atoms with E-state index in [9.17, 15) is 4.79 Å². The highest BCUT2D eigenvalue weighted by Gasteiger charge is 2.07. The summed E-state index contributed by atoms with van der Waals surface area (Å²) in [6.07, 6.45) is 0. The summed E-state index contributed by atoms with van der Waals surface area (Å²) in [5.41, 5.74) is 9.33. The van der Waals surface area contributed by atoms with Crippen LogP contribution >= 0.6 is 23.6 Å². The standard InChI is InChI=1S/C12H11N3OS2/c13-11(17)8-2-1-3-9(4-8)12(16)14-5-10-6-18-7-15-10/h1-4,6-7H,5H2,(H2,13,17)(H,14,16). The fourth-order valence-corrected chi connectivity index (χ4v) is 2.10. The van der Waals surface area contributed by atoms with Crippen molar-refractivity contribution in [1.82, 2.24) is 10.3 Å². The summed E-state index contributed by atoms with van der Waals surface area (Å²) in [5, 5.41) is 4.68. The number of rotatable bonds is 4. The zero-order chi connectivity index (χ0) is 13.0. The Morgan fingerprint density at radius 2 is 2.22 bits per heavy atom. The van der Waals surface area contributed by atoms with Gasteiger partial charge in [0.1, 0.15) is 4.99 Å². The Morgan fingerprint density at radius 3 is 2.89 bits per heavy atom. The number of nitrogens with zero attached hydrogens (tertiary/aromatic N) is 1. The lowest BCUT2D eigenvalue weighted by molar-refractivity contribution is 0.0950. The van der Waals surface area contributed by atoms with Crippen LogP contribution in [0.4, 0.5) is 0 Å². The van der Waals surface area contributed by atoms with Gasteiger partial charge >= 0.3 is 0 Å². The molecule has 0 saturated heterocycles. The lowest BCUT2D eigenvalue weighted by Gasteiger charge is -2.05. The van der Waals surface area contributed by atoms with Crippen LogP contribution in [0, 0.1) is 0 Å². The minimum atomic E-state index is -0.166. The van der Waals surface area contributed by atoms with Crippen LogP contribution in [0.15, 0.2) is 35.2 Å². The Kier molecular flexibility index (Phi) is 4.01. The number of carbonyl (C=O) groups excluding carboxylic acids is 1. The lowest BCUT2D eigenvalue weighted by atomic mass is 10.1. The maximum atomic E-state index is 11.9. The molecule has 0 saturated carbocycles. The molecular formula is C12H11N3OS2. The van der Waals surface area contributed by atoms with Gasteiger partial charge in [-0.15, -0.1) is 11.3 Å². The normalized spacial score (nSPS) is 10.0. The molecule has 0 bridgehead atoms. The van der Waals surface area contributed by atoms with Gasteiger partial charge in [0, 0.05) is 16.5 Å². The largest absolute Gasteiger partial charge is 0.389 e. The van der Waals surface area contributed by atoms with Crippen molar-refractivity contribution >= 4 is 34.5 Å². The van der Waals surface area contributed by atoms with Gasteiger partial charge in [0.05, 0.1) is 17.7 Å². The van der Waals surface area contributed by atoms with Crippen LogP contribution in [0.5, 0.6) is 0 Å². The molecule has 0 spiro atoms. The van der Waals surface area contributed by atoms with Crippen LogP contribution in [0.1, 0.15) is 21.6 Å². The molecule has 1 amide bonds. The van der Waals surface area contributed by atoms with Gasteiger partial charge in [-0.05, 0) is 12.1 Å². The number of amides is 1. The number of carbonyl (C=O) groups is 1. The molecule has 0 radical (unpaired) electrons. The molecule has 0 aliphatic carbocycles. The number of hydrogen-bond donors (Lipinski definition) is 2. The van der Waals surface area contributed by atoms with E-state index in [4.69, 9.17) is 18.0 Å². The van der Waals surface area contributed by atoms with Crippen molar-refractivity contribution in [3.8, 4) is 0 Å². The van der Waals surface area contributed by atoms with Crippen molar-refractivity contribution < 1.29 is 4.79 Å². The average molecular weight is 277 g/mol. The number of hydrogen-bond acceptors (Lipinski definition) is 4. The molecule has 1 aromatic carbocycles. The van der Waals surface area contributed by atoms with E-state index in [-0.39, 0.29) is 10.9 Å². The van der Waals surface area contributed by atoms with E-state index in [0.717, 1.165) is 5.69 Å². The first-order valence-corrected chi connectivity index (χ1v) is 6.57. The van der Waals surface area contributed by atoms with Crippen LogP contribution in [0.2, 0.25) is 0 Å². The molecule has 4 nitrogen and oxygen atoms in total. The van der Waals surface area contributed by atoms with Gasteiger partial charge in [0.25, 0.3) is 5.91 Å². The molecular weight excluding hydrogens is 266 g/mol. The third-order valence-corrected chi connectivity index (χ3v) is 3.19. The fourth-order valence-electron chi connectivity index (χ4n) is 1.41. The molecule has 1 heterocycles. The molecule has 0 aliphatic rings. The number of aromatic nitrogens is 1. The number of nitrogens with one attached hydrogen (secondary N) is 1. The number of nitrogens with two attached hydrogens (primary N) is 1. The maximum Gasteiger partial charge on any atom is 0.251 e. The molecule has 1 aromatic heterocycles. The summed E-state index contributed by atoms with van der Waals surface area (Å²) >= 11 is 6.37. The molecule has 92 valence electrons. The summed E-state index contributed by atoms with van der Waals surface area (Å²) in [5.74, 6) is -0.166. The minimum Gasteiger partial charge on any atom is -0.389 e. The average Bonchev–Trinajstić information content (AvgIpc) is 2.89. The van der Waals surface area contributed by atoms with Crippen molar-refractivity contribution in [3.05, 3.63) is 52.0 Å². The van der Waals surface area contributed by atoms with Crippen LogP contribution in [-0.4, -0.2) is 15.9 Å². The van der Waals surface area contributed by atoms with Crippen LogP contribution in [-0.2, 0) is 6.54 Å². The number of thiazole rings is 1. The predicted molar refractivity (Wildman–Crippen MR) is 75.6 cm³/mol. The fraction of sp³-hybridized carbons (Fsp3) is 0.0833. The number of benzene rings is 1. The maximum absolute atomic E-state index is 11.9. The number of thiocarbonyl (C=S) groups is 1. The van der Waals surface area contributed by atoms with Gasteiger partial charge in [-0.3, -0.25) is 4.79 Å². The molecule has 6 heteroatoms. The summed E-state index contributed by atoms with van der Waals surface area (Å²) in [4.78, 5) is 16.3. The zero-order valence-electron chi connectivity index (χ0n) is 9.42. The highest BCUT2D eigenvalue weighted by molar-refractivity contribution is 7.80. The van der Waals surface area contributed by atoms with Crippen molar-refractivity contribution in [1.29, 1.82) is 0 Å². The Morgan fingerprint density at radius 1 is 1.44 bits per heavy atom. The molecule has 18 heavy (non-hydrogen) atoms. The molecule has 0 aliphatic heterocycles. The van der Waals surface area contributed by atoms with E-state index >= 15 is 0 Å². The summed E-state index contributed by atoms with van der Waals surface area (Å²) in [6.45, 7) is 0.416. The molecule has 0 unspecified atom stereocenters. The zero-order valence-corrected chi connectivity index (χ0v) is 11.1. The second-order valence-corrected chi connectivity index (χ2v) is 4.77. The second kappa shape index (κ2) is 5.70. The molecule has 3 N–H and O–H groups in total.